The van der Waals surface area contributed by atoms with E-state index in [1.165, 1.54) is 0 Å². The summed E-state index contributed by atoms with van der Waals surface area (Å²) >= 11 is 5.75. The molecule has 4 N–H and O–H groups in total. The quantitative estimate of drug-likeness (QED) is 0.559. The molecule has 2 aromatic heterocycles. The fourth-order valence-corrected chi connectivity index (χ4v) is 1.88. The van der Waals surface area contributed by atoms with Crippen molar-refractivity contribution in [2.24, 2.45) is 0 Å². The van der Waals surface area contributed by atoms with Crippen molar-refractivity contribution in [3.63, 3.8) is 0 Å². The maximum atomic E-state index is 10.3. The third-order valence-corrected chi connectivity index (χ3v) is 2.73. The number of carboxylic acid groups (broad SMARTS) is 1. The van der Waals surface area contributed by atoms with Crippen LogP contribution in [0.5, 0.6) is 0 Å². The van der Waals surface area contributed by atoms with Gasteiger partial charge in [0.1, 0.15) is 5.52 Å². The van der Waals surface area contributed by atoms with Crippen LogP contribution >= 0.6 is 11.6 Å². The zero-order valence-corrected chi connectivity index (χ0v) is 10.8. The first-order valence-corrected chi connectivity index (χ1v) is 6.06. The Morgan fingerprint density at radius 3 is 3.00 bits per heavy atom. The van der Waals surface area contributed by atoms with Gasteiger partial charge in [-0.15, -0.1) is 0 Å². The highest BCUT2D eigenvalue weighted by Gasteiger charge is 2.09. The number of imidazole rings is 1. The molecule has 0 fully saturated rings. The Hall–Kier alpha value is -2.09. The number of aromatic nitrogens is 4. The van der Waals surface area contributed by atoms with E-state index in [1.807, 2.05) is 4.57 Å². The van der Waals surface area contributed by atoms with Crippen molar-refractivity contribution >= 4 is 34.7 Å². The summed E-state index contributed by atoms with van der Waals surface area (Å²) in [6.07, 6.45) is 2.12. The second-order valence-corrected chi connectivity index (χ2v) is 4.27. The topological polar surface area (TPSA) is 119 Å². The van der Waals surface area contributed by atoms with Crippen LogP contribution in [0.25, 0.3) is 11.2 Å². The highest BCUT2D eigenvalue weighted by Crippen LogP contribution is 2.18. The van der Waals surface area contributed by atoms with E-state index in [0.29, 0.717) is 24.3 Å². The van der Waals surface area contributed by atoms with Gasteiger partial charge in [0.15, 0.2) is 11.5 Å². The number of aryl methyl sites for hydroxylation is 1. The van der Waals surface area contributed by atoms with Crippen LogP contribution in [0.2, 0.25) is 5.28 Å². The normalized spacial score (nSPS) is 10.8. The first kappa shape index (κ1) is 13.3. The highest BCUT2D eigenvalue weighted by atomic mass is 35.5. The summed E-state index contributed by atoms with van der Waals surface area (Å²) in [7, 11) is 0. The number of hydrogen-bond acceptors (Lipinski definition) is 5. The van der Waals surface area contributed by atoms with Crippen molar-refractivity contribution in [1.29, 1.82) is 0 Å². The number of nitrogen functional groups attached to an aromatic ring is 1. The van der Waals surface area contributed by atoms with Crippen molar-refractivity contribution < 1.29 is 9.90 Å². The maximum absolute atomic E-state index is 10.3. The zero-order chi connectivity index (χ0) is 13.8. The van der Waals surface area contributed by atoms with Gasteiger partial charge in [-0.25, -0.2) is 9.78 Å². The van der Waals surface area contributed by atoms with E-state index in [4.69, 9.17) is 22.4 Å². The number of fused-ring (bicyclic) bond motifs is 1. The molecule has 0 atom stereocenters. The summed E-state index contributed by atoms with van der Waals surface area (Å²) in [6, 6.07) is 0. The number of hydrogen-bond donors (Lipinski definition) is 3. The van der Waals surface area contributed by atoms with E-state index in [0.717, 1.165) is 12.8 Å². The number of rotatable bonds is 5. The van der Waals surface area contributed by atoms with E-state index < -0.39 is 6.09 Å². The van der Waals surface area contributed by atoms with Gasteiger partial charge in [-0.3, -0.25) is 0 Å². The van der Waals surface area contributed by atoms with Crippen LogP contribution < -0.4 is 11.1 Å². The highest BCUT2D eigenvalue weighted by molar-refractivity contribution is 6.28. The molecule has 0 saturated heterocycles. The number of carbonyl (C=O) groups is 1. The van der Waals surface area contributed by atoms with Crippen LogP contribution in [0.1, 0.15) is 12.8 Å². The number of unbranched alkanes of at least 4 members (excludes halogenated alkanes) is 1. The third-order valence-electron chi connectivity index (χ3n) is 2.57. The fraction of sp³-hybridized carbons (Fsp3) is 0.400. The molecule has 9 heteroatoms. The number of anilines is 1. The van der Waals surface area contributed by atoms with Crippen LogP contribution in [0, 0.1) is 0 Å². The van der Waals surface area contributed by atoms with E-state index in [1.54, 1.807) is 6.33 Å². The summed E-state index contributed by atoms with van der Waals surface area (Å²) in [4.78, 5) is 22.3. The Morgan fingerprint density at radius 2 is 2.26 bits per heavy atom. The van der Waals surface area contributed by atoms with E-state index in [9.17, 15) is 4.79 Å². The fourth-order valence-electron chi connectivity index (χ4n) is 1.70. The van der Waals surface area contributed by atoms with Crippen LogP contribution in [-0.2, 0) is 6.54 Å². The largest absolute Gasteiger partial charge is 0.465 e. The molecule has 0 saturated carbocycles. The molecular weight excluding hydrogens is 272 g/mol. The van der Waals surface area contributed by atoms with Gasteiger partial charge in [-0.05, 0) is 24.4 Å². The summed E-state index contributed by atoms with van der Waals surface area (Å²) in [5.41, 5.74) is 6.80. The van der Waals surface area contributed by atoms with Gasteiger partial charge < -0.3 is 20.7 Å². The lowest BCUT2D eigenvalue weighted by atomic mass is 10.3. The lowest BCUT2D eigenvalue weighted by Gasteiger charge is -2.04. The molecule has 0 aliphatic carbocycles. The average Bonchev–Trinajstić information content (AvgIpc) is 2.72. The Bertz CT molecular complexity index is 599. The Morgan fingerprint density at radius 1 is 1.47 bits per heavy atom. The molecule has 2 aromatic rings. The minimum absolute atomic E-state index is 0.0827. The molecule has 2 heterocycles. The summed E-state index contributed by atoms with van der Waals surface area (Å²) < 4.78 is 1.82. The zero-order valence-electron chi connectivity index (χ0n) is 10.0. The molecule has 0 bridgehead atoms. The SMILES string of the molecule is Nc1nc(Cl)nc2c1ncn2CCCCNC(=O)O. The standard InChI is InChI=1S/C10H13ClN6O2/c11-9-15-7(12)6-8(16-9)17(5-14-6)4-2-1-3-13-10(18)19/h5,13H,1-4H2,(H,18,19)(H2,12,15,16). The first-order valence-electron chi connectivity index (χ1n) is 5.68. The smallest absolute Gasteiger partial charge is 0.404 e. The minimum atomic E-state index is -1.01. The number of amides is 1. The summed E-state index contributed by atoms with van der Waals surface area (Å²) in [6.45, 7) is 1.07. The molecule has 19 heavy (non-hydrogen) atoms. The molecule has 0 aliphatic rings. The Labute approximate surface area is 113 Å². The lowest BCUT2D eigenvalue weighted by molar-refractivity contribution is 0.194. The van der Waals surface area contributed by atoms with Gasteiger partial charge in [0.2, 0.25) is 5.28 Å². The van der Waals surface area contributed by atoms with Gasteiger partial charge in [0.05, 0.1) is 6.33 Å². The Kier molecular flexibility index (Phi) is 4.00. The van der Waals surface area contributed by atoms with E-state index >= 15 is 0 Å². The number of nitrogens with zero attached hydrogens (tertiary/aromatic N) is 4. The Balaban J connectivity index is 1.99. The van der Waals surface area contributed by atoms with Crippen molar-refractivity contribution in [1.82, 2.24) is 24.8 Å². The predicted octanol–water partition coefficient (Wildman–Crippen LogP) is 1.11. The van der Waals surface area contributed by atoms with E-state index in [2.05, 4.69) is 20.3 Å². The van der Waals surface area contributed by atoms with Crippen molar-refractivity contribution in [3.05, 3.63) is 11.6 Å². The van der Waals surface area contributed by atoms with Crippen molar-refractivity contribution in [3.8, 4) is 0 Å². The second-order valence-electron chi connectivity index (χ2n) is 3.93. The second kappa shape index (κ2) is 5.70. The predicted molar refractivity (Wildman–Crippen MR) is 70.0 cm³/mol. The minimum Gasteiger partial charge on any atom is -0.465 e. The molecule has 2 rings (SSSR count). The lowest BCUT2D eigenvalue weighted by Crippen LogP contribution is -2.22. The molecule has 8 nitrogen and oxygen atoms in total. The monoisotopic (exact) mass is 284 g/mol. The molecule has 102 valence electrons. The van der Waals surface area contributed by atoms with Crippen LogP contribution in [0.15, 0.2) is 6.33 Å². The third kappa shape index (κ3) is 3.22. The molecule has 0 aromatic carbocycles. The molecular formula is C10H13ClN6O2. The van der Waals surface area contributed by atoms with Gasteiger partial charge in [0, 0.05) is 13.1 Å². The molecule has 0 aliphatic heterocycles. The number of halogens is 1. The van der Waals surface area contributed by atoms with Crippen LogP contribution in [0.3, 0.4) is 0 Å². The van der Waals surface area contributed by atoms with Crippen LogP contribution in [0.4, 0.5) is 10.6 Å². The number of nitrogens with two attached hydrogens (primary N) is 1. The molecule has 1 amide bonds. The summed E-state index contributed by atoms with van der Waals surface area (Å²) in [5.74, 6) is 0.251. The van der Waals surface area contributed by atoms with Crippen LogP contribution in [-0.4, -0.2) is 37.3 Å². The molecule has 0 radical (unpaired) electrons. The van der Waals surface area contributed by atoms with Gasteiger partial charge >= 0.3 is 6.09 Å². The summed E-state index contributed by atoms with van der Waals surface area (Å²) in [5, 5.41) is 10.8. The average molecular weight is 285 g/mol. The van der Waals surface area contributed by atoms with Gasteiger partial charge in [0.25, 0.3) is 0 Å². The molecule has 0 spiro atoms. The van der Waals surface area contributed by atoms with Gasteiger partial charge in [-0.2, -0.15) is 9.97 Å². The molecule has 0 unspecified atom stereocenters. The van der Waals surface area contributed by atoms with Crippen molar-refractivity contribution in [2.45, 2.75) is 19.4 Å². The van der Waals surface area contributed by atoms with E-state index in [-0.39, 0.29) is 11.1 Å². The first-order chi connectivity index (χ1) is 9.08. The maximum Gasteiger partial charge on any atom is 0.404 e. The van der Waals surface area contributed by atoms with Crippen molar-refractivity contribution in [2.75, 3.05) is 12.3 Å². The number of nitrogens with one attached hydrogen (secondary N) is 1. The van der Waals surface area contributed by atoms with Gasteiger partial charge in [-0.1, -0.05) is 0 Å².